The van der Waals surface area contributed by atoms with E-state index < -0.39 is 0 Å². The zero-order chi connectivity index (χ0) is 13.8. The van der Waals surface area contributed by atoms with Gasteiger partial charge in [-0.2, -0.15) is 0 Å². The van der Waals surface area contributed by atoms with E-state index in [1.54, 1.807) is 0 Å². The SMILES string of the molecule is Cc1cnccc1CNCc1cc(C)c(O)c(C)c1. The van der Waals surface area contributed by atoms with E-state index in [2.05, 4.69) is 17.2 Å². The zero-order valence-corrected chi connectivity index (χ0v) is 11.7. The molecule has 2 N–H and O–H groups in total. The van der Waals surface area contributed by atoms with E-state index in [9.17, 15) is 5.11 Å². The Morgan fingerprint density at radius 1 is 1.05 bits per heavy atom. The summed E-state index contributed by atoms with van der Waals surface area (Å²) in [6, 6.07) is 6.08. The highest BCUT2D eigenvalue weighted by atomic mass is 16.3. The van der Waals surface area contributed by atoms with Gasteiger partial charge in [0.15, 0.2) is 0 Å². The number of phenols is 1. The molecule has 0 aliphatic rings. The number of nitrogens with zero attached hydrogens (tertiary/aromatic N) is 1. The van der Waals surface area contributed by atoms with Gasteiger partial charge in [0.1, 0.15) is 5.75 Å². The minimum absolute atomic E-state index is 0.397. The van der Waals surface area contributed by atoms with E-state index in [4.69, 9.17) is 0 Å². The highest BCUT2D eigenvalue weighted by Gasteiger charge is 2.03. The molecule has 0 fully saturated rings. The van der Waals surface area contributed by atoms with E-state index in [0.29, 0.717) is 5.75 Å². The zero-order valence-electron chi connectivity index (χ0n) is 11.7. The number of phenolic OH excluding ortho intramolecular Hbond substituents is 1. The molecule has 0 atom stereocenters. The molecule has 3 heteroatoms. The van der Waals surface area contributed by atoms with Crippen LogP contribution in [-0.4, -0.2) is 10.1 Å². The summed E-state index contributed by atoms with van der Waals surface area (Å²) in [6.07, 6.45) is 3.70. The predicted molar refractivity (Wildman–Crippen MR) is 77.1 cm³/mol. The molecule has 2 rings (SSSR count). The first kappa shape index (κ1) is 13.6. The summed E-state index contributed by atoms with van der Waals surface area (Å²) in [4.78, 5) is 4.09. The summed E-state index contributed by atoms with van der Waals surface area (Å²) in [7, 11) is 0. The lowest BCUT2D eigenvalue weighted by Gasteiger charge is -2.10. The number of hydrogen-bond acceptors (Lipinski definition) is 3. The molecular weight excluding hydrogens is 236 g/mol. The molecule has 0 unspecified atom stereocenters. The maximum Gasteiger partial charge on any atom is 0.121 e. The third-order valence-corrected chi connectivity index (χ3v) is 3.33. The van der Waals surface area contributed by atoms with Crippen LogP contribution in [0.25, 0.3) is 0 Å². The van der Waals surface area contributed by atoms with Gasteiger partial charge in [-0.15, -0.1) is 0 Å². The summed E-state index contributed by atoms with van der Waals surface area (Å²) < 4.78 is 0. The van der Waals surface area contributed by atoms with Crippen LogP contribution in [0.2, 0.25) is 0 Å². The number of aromatic nitrogens is 1. The molecular formula is C16H20N2O. The molecule has 0 spiro atoms. The van der Waals surface area contributed by atoms with Crippen LogP contribution in [0.15, 0.2) is 30.6 Å². The first-order valence-corrected chi connectivity index (χ1v) is 6.47. The maximum absolute atomic E-state index is 9.74. The van der Waals surface area contributed by atoms with Crippen molar-refractivity contribution in [3.63, 3.8) is 0 Å². The van der Waals surface area contributed by atoms with Gasteiger partial charge in [-0.05, 0) is 54.7 Å². The Hall–Kier alpha value is -1.87. The van der Waals surface area contributed by atoms with Crippen molar-refractivity contribution in [2.24, 2.45) is 0 Å². The summed E-state index contributed by atoms with van der Waals surface area (Å²) in [5.74, 6) is 0.397. The van der Waals surface area contributed by atoms with E-state index in [1.165, 1.54) is 16.7 Å². The molecule has 0 saturated heterocycles. The molecule has 0 aliphatic heterocycles. The highest BCUT2D eigenvalue weighted by molar-refractivity contribution is 5.42. The molecule has 1 aromatic carbocycles. The Balaban J connectivity index is 1.98. The largest absolute Gasteiger partial charge is 0.507 e. The second-order valence-corrected chi connectivity index (χ2v) is 4.98. The van der Waals surface area contributed by atoms with Crippen molar-refractivity contribution in [2.45, 2.75) is 33.9 Å². The third-order valence-electron chi connectivity index (χ3n) is 3.33. The second-order valence-electron chi connectivity index (χ2n) is 4.98. The number of rotatable bonds is 4. The summed E-state index contributed by atoms with van der Waals surface area (Å²) in [6.45, 7) is 7.55. The number of aryl methyl sites for hydroxylation is 3. The topological polar surface area (TPSA) is 45.2 Å². The molecule has 0 bridgehead atoms. The maximum atomic E-state index is 9.74. The average molecular weight is 256 g/mol. The predicted octanol–water partition coefficient (Wildman–Crippen LogP) is 3.00. The highest BCUT2D eigenvalue weighted by Crippen LogP contribution is 2.22. The minimum Gasteiger partial charge on any atom is -0.507 e. The second kappa shape index (κ2) is 5.85. The van der Waals surface area contributed by atoms with E-state index in [1.807, 2.05) is 44.4 Å². The van der Waals surface area contributed by atoms with Crippen LogP contribution in [0, 0.1) is 20.8 Å². The molecule has 0 aliphatic carbocycles. The van der Waals surface area contributed by atoms with Crippen molar-refractivity contribution >= 4 is 0 Å². The van der Waals surface area contributed by atoms with Crippen LogP contribution in [0.4, 0.5) is 0 Å². The lowest BCUT2D eigenvalue weighted by atomic mass is 10.1. The van der Waals surface area contributed by atoms with Gasteiger partial charge in [0.25, 0.3) is 0 Å². The van der Waals surface area contributed by atoms with Gasteiger partial charge in [-0.1, -0.05) is 12.1 Å². The van der Waals surface area contributed by atoms with Crippen molar-refractivity contribution in [1.82, 2.24) is 10.3 Å². The number of nitrogens with one attached hydrogen (secondary N) is 1. The van der Waals surface area contributed by atoms with Crippen LogP contribution in [0.1, 0.15) is 27.8 Å². The summed E-state index contributed by atoms with van der Waals surface area (Å²) in [5, 5.41) is 13.2. The van der Waals surface area contributed by atoms with Crippen molar-refractivity contribution in [1.29, 1.82) is 0 Å². The molecule has 1 heterocycles. The van der Waals surface area contributed by atoms with Gasteiger partial charge in [-0.3, -0.25) is 4.98 Å². The smallest absolute Gasteiger partial charge is 0.121 e. The molecule has 0 amide bonds. The molecule has 100 valence electrons. The first-order valence-electron chi connectivity index (χ1n) is 6.47. The third kappa shape index (κ3) is 3.32. The fourth-order valence-electron chi connectivity index (χ4n) is 2.19. The average Bonchev–Trinajstić information content (AvgIpc) is 2.38. The van der Waals surface area contributed by atoms with Crippen LogP contribution < -0.4 is 5.32 Å². The Kier molecular flexibility index (Phi) is 4.17. The monoisotopic (exact) mass is 256 g/mol. The molecule has 2 aromatic rings. The van der Waals surface area contributed by atoms with Gasteiger partial charge < -0.3 is 10.4 Å². The van der Waals surface area contributed by atoms with Gasteiger partial charge >= 0.3 is 0 Å². The normalized spacial score (nSPS) is 10.7. The van der Waals surface area contributed by atoms with Crippen molar-refractivity contribution in [3.05, 3.63) is 58.4 Å². The number of benzene rings is 1. The first-order chi connectivity index (χ1) is 9.08. The summed E-state index contributed by atoms with van der Waals surface area (Å²) >= 11 is 0. The standard InChI is InChI=1S/C16H20N2O/c1-11-6-14(7-12(2)16(11)19)9-18-10-15-4-5-17-8-13(15)3/h4-8,18-19H,9-10H2,1-3H3. The number of pyridine rings is 1. The fourth-order valence-corrected chi connectivity index (χ4v) is 2.19. The number of hydrogen-bond donors (Lipinski definition) is 2. The van der Waals surface area contributed by atoms with Crippen LogP contribution in [-0.2, 0) is 13.1 Å². The lowest BCUT2D eigenvalue weighted by molar-refractivity contribution is 0.466. The summed E-state index contributed by atoms with van der Waals surface area (Å²) in [5.41, 5.74) is 5.52. The van der Waals surface area contributed by atoms with Crippen LogP contribution in [0.3, 0.4) is 0 Å². The molecule has 1 aromatic heterocycles. The van der Waals surface area contributed by atoms with Crippen LogP contribution in [0.5, 0.6) is 5.75 Å². The Labute approximate surface area is 114 Å². The van der Waals surface area contributed by atoms with Gasteiger partial charge in [0, 0.05) is 25.5 Å². The van der Waals surface area contributed by atoms with Gasteiger partial charge in [0.2, 0.25) is 0 Å². The van der Waals surface area contributed by atoms with E-state index in [0.717, 1.165) is 24.2 Å². The lowest BCUT2D eigenvalue weighted by Crippen LogP contribution is -2.13. The Bertz CT molecular complexity index is 556. The molecule has 0 saturated carbocycles. The van der Waals surface area contributed by atoms with Crippen molar-refractivity contribution in [3.8, 4) is 5.75 Å². The van der Waals surface area contributed by atoms with Crippen molar-refractivity contribution in [2.75, 3.05) is 0 Å². The molecule has 0 radical (unpaired) electrons. The fraction of sp³-hybridized carbons (Fsp3) is 0.312. The van der Waals surface area contributed by atoms with Crippen molar-refractivity contribution < 1.29 is 5.11 Å². The van der Waals surface area contributed by atoms with E-state index >= 15 is 0 Å². The van der Waals surface area contributed by atoms with E-state index in [-0.39, 0.29) is 0 Å². The number of aromatic hydroxyl groups is 1. The molecule has 3 nitrogen and oxygen atoms in total. The molecule has 19 heavy (non-hydrogen) atoms. The quantitative estimate of drug-likeness (QED) is 0.884. The Morgan fingerprint density at radius 2 is 1.74 bits per heavy atom. The minimum atomic E-state index is 0.397. The van der Waals surface area contributed by atoms with Gasteiger partial charge in [-0.25, -0.2) is 0 Å². The Morgan fingerprint density at radius 3 is 2.37 bits per heavy atom. The van der Waals surface area contributed by atoms with Crippen LogP contribution >= 0.6 is 0 Å². The van der Waals surface area contributed by atoms with Gasteiger partial charge in [0.05, 0.1) is 0 Å².